The van der Waals surface area contributed by atoms with Crippen LogP contribution in [0.1, 0.15) is 0 Å². The third kappa shape index (κ3) is 4.12. The van der Waals surface area contributed by atoms with Crippen LogP contribution in [-0.2, 0) is 0 Å². The summed E-state index contributed by atoms with van der Waals surface area (Å²) < 4.78 is 12.9. The third-order valence-corrected chi connectivity index (χ3v) is 5.30. The van der Waals surface area contributed by atoms with Crippen molar-refractivity contribution in [3.63, 3.8) is 0 Å². The number of para-hydroxylation sites is 4. The van der Waals surface area contributed by atoms with Gasteiger partial charge in [0.2, 0.25) is 0 Å². The molecule has 0 N–H and O–H groups in total. The van der Waals surface area contributed by atoms with E-state index in [0.717, 1.165) is 5.75 Å². The molecule has 0 aliphatic rings. The predicted molar refractivity (Wildman–Crippen MR) is 117 cm³/mol. The molecule has 0 amide bonds. The molecule has 0 saturated carbocycles. The molecule has 1 aromatic heterocycles. The number of rotatable bonds is 7. The fraction of sp³-hybridized carbons (Fsp3) is 0.130. The van der Waals surface area contributed by atoms with E-state index in [1.165, 1.54) is 11.8 Å². The van der Waals surface area contributed by atoms with Gasteiger partial charge in [-0.1, -0.05) is 54.2 Å². The fourth-order valence-corrected chi connectivity index (χ4v) is 3.87. The van der Waals surface area contributed by atoms with Crippen molar-refractivity contribution >= 4 is 22.7 Å². The van der Waals surface area contributed by atoms with Crippen molar-refractivity contribution < 1.29 is 9.47 Å². The van der Waals surface area contributed by atoms with E-state index >= 15 is 0 Å². The third-order valence-electron chi connectivity index (χ3n) is 4.40. The lowest BCUT2D eigenvalue weighted by Gasteiger charge is -2.15. The minimum absolute atomic E-state index is 0.119. The first kappa shape index (κ1) is 19.1. The van der Waals surface area contributed by atoms with Gasteiger partial charge in [-0.05, 0) is 36.4 Å². The molecule has 0 bridgehead atoms. The van der Waals surface area contributed by atoms with Crippen LogP contribution in [0.3, 0.4) is 0 Å². The number of hydrogen-bond donors (Lipinski definition) is 0. The lowest BCUT2D eigenvalue weighted by molar-refractivity contribution is 0.344. The van der Waals surface area contributed by atoms with Crippen LogP contribution in [0.15, 0.2) is 88.8 Å². The largest absolute Gasteiger partial charge is 0.495 e. The Morgan fingerprint density at radius 3 is 2.48 bits per heavy atom. The zero-order valence-electron chi connectivity index (χ0n) is 15.9. The van der Waals surface area contributed by atoms with Gasteiger partial charge in [-0.3, -0.25) is 9.36 Å². The van der Waals surface area contributed by atoms with Crippen LogP contribution < -0.4 is 15.0 Å². The Bertz CT molecular complexity index is 1180. The number of aromatic nitrogens is 2. The Morgan fingerprint density at radius 1 is 0.931 bits per heavy atom. The number of ether oxygens (including phenoxy) is 2. The average Bonchev–Trinajstić information content (AvgIpc) is 2.78. The molecule has 0 spiro atoms. The number of methoxy groups -OCH3 is 1. The summed E-state index contributed by atoms with van der Waals surface area (Å²) in [6, 6.07) is 24.5. The summed E-state index contributed by atoms with van der Waals surface area (Å²) in [7, 11) is 1.60. The van der Waals surface area contributed by atoms with Gasteiger partial charge in [0, 0.05) is 5.75 Å². The molecular weight excluding hydrogens is 384 g/mol. The molecular formula is C23H20N2O3S. The summed E-state index contributed by atoms with van der Waals surface area (Å²) in [5.74, 6) is 2.09. The molecule has 6 heteroatoms. The maximum absolute atomic E-state index is 13.3. The van der Waals surface area contributed by atoms with Gasteiger partial charge >= 0.3 is 0 Å². The standard InChI is InChI=1S/C23H20N2O3S/c1-27-21-14-8-7-13-20(21)25-22(26)18-11-5-6-12-19(18)24-23(25)29-16-15-28-17-9-3-2-4-10-17/h2-14H,15-16H2,1H3. The zero-order chi connectivity index (χ0) is 20.1. The van der Waals surface area contributed by atoms with Crippen LogP contribution in [0.5, 0.6) is 11.5 Å². The summed E-state index contributed by atoms with van der Waals surface area (Å²) in [4.78, 5) is 18.0. The Morgan fingerprint density at radius 2 is 1.66 bits per heavy atom. The highest BCUT2D eigenvalue weighted by Gasteiger charge is 2.16. The molecule has 4 rings (SSSR count). The molecule has 0 fully saturated rings. The van der Waals surface area contributed by atoms with Gasteiger partial charge in [0.1, 0.15) is 11.5 Å². The molecule has 0 unspecified atom stereocenters. The van der Waals surface area contributed by atoms with Crippen LogP contribution in [0.4, 0.5) is 0 Å². The summed E-state index contributed by atoms with van der Waals surface area (Å²) >= 11 is 1.48. The molecule has 0 aliphatic carbocycles. The number of benzene rings is 3. The Balaban J connectivity index is 1.69. The molecule has 0 radical (unpaired) electrons. The monoisotopic (exact) mass is 404 g/mol. The highest BCUT2D eigenvalue weighted by atomic mass is 32.2. The minimum Gasteiger partial charge on any atom is -0.495 e. The number of nitrogens with zero attached hydrogens (tertiary/aromatic N) is 2. The highest BCUT2D eigenvalue weighted by Crippen LogP contribution is 2.27. The van der Waals surface area contributed by atoms with Gasteiger partial charge in [-0.25, -0.2) is 4.98 Å². The fourth-order valence-electron chi connectivity index (χ4n) is 3.05. The molecule has 0 atom stereocenters. The predicted octanol–water partition coefficient (Wildman–Crippen LogP) is 4.57. The van der Waals surface area contributed by atoms with Crippen molar-refractivity contribution in [1.82, 2.24) is 9.55 Å². The van der Waals surface area contributed by atoms with E-state index in [4.69, 9.17) is 14.5 Å². The quantitative estimate of drug-likeness (QED) is 0.257. The van der Waals surface area contributed by atoms with Crippen LogP contribution in [-0.4, -0.2) is 29.0 Å². The SMILES string of the molecule is COc1ccccc1-n1c(SCCOc2ccccc2)nc2ccccc2c1=O. The number of thioether (sulfide) groups is 1. The van der Waals surface area contributed by atoms with E-state index in [9.17, 15) is 4.79 Å². The first-order valence-corrected chi connectivity index (χ1v) is 10.2. The molecule has 1 heterocycles. The maximum atomic E-state index is 13.3. The van der Waals surface area contributed by atoms with E-state index in [2.05, 4.69) is 0 Å². The molecule has 29 heavy (non-hydrogen) atoms. The van der Waals surface area contributed by atoms with Crippen molar-refractivity contribution in [3.05, 3.63) is 89.2 Å². The topological polar surface area (TPSA) is 53.4 Å². The number of hydrogen-bond acceptors (Lipinski definition) is 5. The second kappa shape index (κ2) is 8.84. The van der Waals surface area contributed by atoms with Crippen molar-refractivity contribution in [2.45, 2.75) is 5.16 Å². The van der Waals surface area contributed by atoms with Crippen molar-refractivity contribution in [1.29, 1.82) is 0 Å². The van der Waals surface area contributed by atoms with Gasteiger partial charge in [-0.15, -0.1) is 0 Å². The van der Waals surface area contributed by atoms with Crippen molar-refractivity contribution in [3.8, 4) is 17.2 Å². The van der Waals surface area contributed by atoms with Crippen LogP contribution in [0.2, 0.25) is 0 Å². The van der Waals surface area contributed by atoms with Crippen LogP contribution >= 0.6 is 11.8 Å². The summed E-state index contributed by atoms with van der Waals surface area (Å²) in [5.41, 5.74) is 1.23. The van der Waals surface area contributed by atoms with Gasteiger partial charge in [0.05, 0.1) is 30.3 Å². The van der Waals surface area contributed by atoms with Gasteiger partial charge < -0.3 is 9.47 Å². The van der Waals surface area contributed by atoms with E-state index in [-0.39, 0.29) is 5.56 Å². The summed E-state index contributed by atoms with van der Waals surface area (Å²) in [6.45, 7) is 0.503. The smallest absolute Gasteiger partial charge is 0.266 e. The van der Waals surface area contributed by atoms with Gasteiger partial charge in [0.15, 0.2) is 5.16 Å². The van der Waals surface area contributed by atoms with Crippen LogP contribution in [0.25, 0.3) is 16.6 Å². The molecule has 0 saturated heterocycles. The molecule has 146 valence electrons. The molecule has 3 aromatic carbocycles. The second-order valence-corrected chi connectivity index (χ2v) is 7.30. The lowest BCUT2D eigenvalue weighted by Crippen LogP contribution is -2.22. The van der Waals surface area contributed by atoms with Gasteiger partial charge in [-0.2, -0.15) is 0 Å². The zero-order valence-corrected chi connectivity index (χ0v) is 16.8. The van der Waals surface area contributed by atoms with E-state index in [1.54, 1.807) is 17.7 Å². The molecule has 0 aliphatic heterocycles. The maximum Gasteiger partial charge on any atom is 0.266 e. The van der Waals surface area contributed by atoms with E-state index in [0.29, 0.717) is 39.9 Å². The number of fused-ring (bicyclic) bond motifs is 1. The first-order valence-electron chi connectivity index (χ1n) is 9.24. The summed E-state index contributed by atoms with van der Waals surface area (Å²) in [5, 5.41) is 1.18. The van der Waals surface area contributed by atoms with E-state index in [1.807, 2.05) is 72.8 Å². The van der Waals surface area contributed by atoms with E-state index < -0.39 is 0 Å². The average molecular weight is 404 g/mol. The highest BCUT2D eigenvalue weighted by molar-refractivity contribution is 7.99. The Kier molecular flexibility index (Phi) is 5.81. The summed E-state index contributed by atoms with van der Waals surface area (Å²) in [6.07, 6.45) is 0. The second-order valence-electron chi connectivity index (χ2n) is 6.23. The molecule has 4 aromatic rings. The normalized spacial score (nSPS) is 10.8. The first-order chi connectivity index (χ1) is 14.3. The van der Waals surface area contributed by atoms with Crippen molar-refractivity contribution in [2.75, 3.05) is 19.5 Å². The van der Waals surface area contributed by atoms with Crippen LogP contribution in [0, 0.1) is 0 Å². The Hall–Kier alpha value is -3.25. The Labute approximate surface area is 172 Å². The minimum atomic E-state index is -0.119. The van der Waals surface area contributed by atoms with Gasteiger partial charge in [0.25, 0.3) is 5.56 Å². The van der Waals surface area contributed by atoms with Crippen molar-refractivity contribution in [2.24, 2.45) is 0 Å². The lowest BCUT2D eigenvalue weighted by atomic mass is 10.2. The molecule has 5 nitrogen and oxygen atoms in total.